The van der Waals surface area contributed by atoms with Gasteiger partial charge in [0.15, 0.2) is 0 Å². The van der Waals surface area contributed by atoms with Gasteiger partial charge in [-0.15, -0.1) is 0 Å². The summed E-state index contributed by atoms with van der Waals surface area (Å²) in [5.74, 6) is -1.02. The smallest absolute Gasteiger partial charge is 0.342 e. The summed E-state index contributed by atoms with van der Waals surface area (Å²) in [6.45, 7) is 0. The Kier molecular flexibility index (Phi) is 3.57. The number of rotatable bonds is 3. The number of hydrogen-bond acceptors (Lipinski definition) is 2. The van der Waals surface area contributed by atoms with Gasteiger partial charge in [-0.2, -0.15) is 0 Å². The fourth-order valence-electron chi connectivity index (χ4n) is 0.908. The molecular formula is C9H7BrO2S. The first-order valence-electron chi connectivity index (χ1n) is 3.60. The van der Waals surface area contributed by atoms with E-state index in [1.807, 2.05) is 24.3 Å². The molecule has 0 aliphatic heterocycles. The molecule has 0 saturated carbocycles. The normalized spacial score (nSPS) is 9.62. The second kappa shape index (κ2) is 4.48. The Morgan fingerprint density at radius 1 is 1.54 bits per heavy atom. The van der Waals surface area contributed by atoms with Crippen LogP contribution in [0.2, 0.25) is 0 Å². The molecule has 0 fully saturated rings. The van der Waals surface area contributed by atoms with Crippen molar-refractivity contribution in [2.75, 3.05) is 0 Å². The summed E-state index contributed by atoms with van der Waals surface area (Å²) in [6, 6.07) is 7.44. The van der Waals surface area contributed by atoms with Gasteiger partial charge in [-0.05, 0) is 17.7 Å². The highest BCUT2D eigenvalue weighted by atomic mass is 79.9. The molecular weight excluding hydrogens is 252 g/mol. The minimum atomic E-state index is -1.02. The average molecular weight is 259 g/mol. The van der Waals surface area contributed by atoms with Gasteiger partial charge in [-0.1, -0.05) is 40.3 Å². The molecule has 1 N–H and O–H groups in total. The van der Waals surface area contributed by atoms with Gasteiger partial charge in [0, 0.05) is 10.9 Å². The molecule has 0 aliphatic carbocycles. The van der Waals surface area contributed by atoms with Crippen LogP contribution in [-0.4, -0.2) is 15.9 Å². The molecule has 2 nitrogen and oxygen atoms in total. The van der Waals surface area contributed by atoms with Crippen molar-refractivity contribution in [2.24, 2.45) is 0 Å². The van der Waals surface area contributed by atoms with Gasteiger partial charge in [0.05, 0.1) is 0 Å². The number of carboxylic acid groups (broad SMARTS) is 1. The molecule has 0 spiro atoms. The summed E-state index contributed by atoms with van der Waals surface area (Å²) in [5, 5.41) is 8.56. The molecule has 1 aromatic rings. The van der Waals surface area contributed by atoms with E-state index in [9.17, 15) is 4.79 Å². The van der Waals surface area contributed by atoms with E-state index >= 15 is 0 Å². The predicted molar refractivity (Wildman–Crippen MR) is 58.1 cm³/mol. The Balaban J connectivity index is 2.75. The third-order valence-corrected chi connectivity index (χ3v) is 2.30. The van der Waals surface area contributed by atoms with Gasteiger partial charge < -0.3 is 5.11 Å². The standard InChI is InChI=1S/C9H7BrO2S/c10-7-3-1-2-6(4-7)5-8(13)9(11)12/h1-4H,5H2,(H,11,12). The van der Waals surface area contributed by atoms with Crippen LogP contribution in [0.4, 0.5) is 0 Å². The number of benzene rings is 1. The maximum absolute atomic E-state index is 10.4. The summed E-state index contributed by atoms with van der Waals surface area (Å²) in [5.41, 5.74) is 0.904. The lowest BCUT2D eigenvalue weighted by molar-refractivity contribution is -0.129. The van der Waals surface area contributed by atoms with Gasteiger partial charge in [0.25, 0.3) is 0 Å². The van der Waals surface area contributed by atoms with Crippen LogP contribution in [0.25, 0.3) is 0 Å². The maximum Gasteiger partial charge on any atom is 0.342 e. The summed E-state index contributed by atoms with van der Waals surface area (Å²) >= 11 is 7.99. The lowest BCUT2D eigenvalue weighted by Gasteiger charge is -1.99. The van der Waals surface area contributed by atoms with E-state index in [1.54, 1.807) is 0 Å². The average Bonchev–Trinajstić information content (AvgIpc) is 2.04. The second-order valence-corrected chi connectivity index (χ2v) is 3.94. The molecule has 0 saturated heterocycles. The van der Waals surface area contributed by atoms with Crippen LogP contribution < -0.4 is 0 Å². The number of halogens is 1. The van der Waals surface area contributed by atoms with Crippen molar-refractivity contribution >= 4 is 39.0 Å². The molecule has 0 heterocycles. The Morgan fingerprint density at radius 3 is 2.77 bits per heavy atom. The Labute approximate surface area is 89.7 Å². The van der Waals surface area contributed by atoms with E-state index in [0.29, 0.717) is 6.42 Å². The minimum Gasteiger partial charge on any atom is -0.477 e. The summed E-state index contributed by atoms with van der Waals surface area (Å²) in [7, 11) is 0. The molecule has 13 heavy (non-hydrogen) atoms. The van der Waals surface area contributed by atoms with Crippen molar-refractivity contribution < 1.29 is 9.90 Å². The van der Waals surface area contributed by atoms with Crippen molar-refractivity contribution in [3.8, 4) is 0 Å². The highest BCUT2D eigenvalue weighted by molar-refractivity contribution is 9.10. The van der Waals surface area contributed by atoms with Gasteiger partial charge in [0.1, 0.15) is 4.86 Å². The molecule has 0 radical (unpaired) electrons. The molecule has 4 heteroatoms. The first kappa shape index (κ1) is 10.3. The van der Waals surface area contributed by atoms with Crippen LogP contribution in [0.5, 0.6) is 0 Å². The second-order valence-electron chi connectivity index (χ2n) is 2.54. The van der Waals surface area contributed by atoms with Crippen LogP contribution in [0.15, 0.2) is 28.7 Å². The van der Waals surface area contributed by atoms with Crippen molar-refractivity contribution in [1.82, 2.24) is 0 Å². The van der Waals surface area contributed by atoms with E-state index in [2.05, 4.69) is 28.1 Å². The van der Waals surface area contributed by atoms with Crippen LogP contribution in [0.3, 0.4) is 0 Å². The number of thiocarbonyl (C=S) groups is 1. The maximum atomic E-state index is 10.4. The zero-order valence-corrected chi connectivity index (χ0v) is 9.06. The molecule has 0 bridgehead atoms. The predicted octanol–water partition coefficient (Wildman–Crippen LogP) is 2.45. The number of hydrogen-bond donors (Lipinski definition) is 1. The topological polar surface area (TPSA) is 37.3 Å². The monoisotopic (exact) mass is 258 g/mol. The zero-order valence-electron chi connectivity index (χ0n) is 6.66. The fourth-order valence-corrected chi connectivity index (χ4v) is 1.52. The molecule has 1 rings (SSSR count). The third-order valence-electron chi connectivity index (χ3n) is 1.49. The molecule has 0 aliphatic rings. The highest BCUT2D eigenvalue weighted by Gasteiger charge is 2.06. The van der Waals surface area contributed by atoms with Gasteiger partial charge >= 0.3 is 5.97 Å². The lowest BCUT2D eigenvalue weighted by atomic mass is 10.1. The highest BCUT2D eigenvalue weighted by Crippen LogP contribution is 2.12. The third kappa shape index (κ3) is 3.24. The molecule has 0 unspecified atom stereocenters. The van der Waals surface area contributed by atoms with Gasteiger partial charge in [-0.3, -0.25) is 0 Å². The zero-order chi connectivity index (χ0) is 9.84. The van der Waals surface area contributed by atoms with Crippen molar-refractivity contribution in [3.05, 3.63) is 34.3 Å². The SMILES string of the molecule is O=C(O)C(=S)Cc1cccc(Br)c1. The van der Waals surface area contributed by atoms with E-state index < -0.39 is 5.97 Å². The minimum absolute atomic E-state index is 0.0399. The van der Waals surface area contributed by atoms with E-state index in [1.165, 1.54) is 0 Å². The molecule has 0 atom stereocenters. The van der Waals surface area contributed by atoms with E-state index in [0.717, 1.165) is 10.0 Å². The number of carbonyl (C=O) groups is 1. The number of aliphatic carboxylic acids is 1. The van der Waals surface area contributed by atoms with Crippen LogP contribution in [-0.2, 0) is 11.2 Å². The lowest BCUT2D eigenvalue weighted by Crippen LogP contribution is -2.12. The van der Waals surface area contributed by atoms with Crippen molar-refractivity contribution in [3.63, 3.8) is 0 Å². The van der Waals surface area contributed by atoms with E-state index in [4.69, 9.17) is 5.11 Å². The first-order chi connectivity index (χ1) is 6.09. The van der Waals surface area contributed by atoms with Crippen LogP contribution >= 0.6 is 28.1 Å². The Hall–Kier alpha value is -0.740. The van der Waals surface area contributed by atoms with E-state index in [-0.39, 0.29) is 4.86 Å². The van der Waals surface area contributed by atoms with Gasteiger partial charge in [-0.25, -0.2) is 4.79 Å². The fraction of sp³-hybridized carbons (Fsp3) is 0.111. The van der Waals surface area contributed by atoms with Gasteiger partial charge in [0.2, 0.25) is 0 Å². The quantitative estimate of drug-likeness (QED) is 0.847. The summed E-state index contributed by atoms with van der Waals surface area (Å²) in [4.78, 5) is 10.5. The van der Waals surface area contributed by atoms with Crippen molar-refractivity contribution in [2.45, 2.75) is 6.42 Å². The molecule has 1 aromatic carbocycles. The van der Waals surface area contributed by atoms with Crippen LogP contribution in [0, 0.1) is 0 Å². The summed E-state index contributed by atoms with van der Waals surface area (Å²) in [6.07, 6.45) is 0.310. The van der Waals surface area contributed by atoms with Crippen molar-refractivity contribution in [1.29, 1.82) is 0 Å². The first-order valence-corrected chi connectivity index (χ1v) is 4.80. The molecule has 0 amide bonds. The summed E-state index contributed by atoms with van der Waals surface area (Å²) < 4.78 is 0.929. The Bertz CT molecular complexity index is 349. The molecule has 0 aromatic heterocycles. The number of carboxylic acids is 1. The van der Waals surface area contributed by atoms with Crippen LogP contribution in [0.1, 0.15) is 5.56 Å². The molecule has 68 valence electrons. The Morgan fingerprint density at radius 2 is 2.23 bits per heavy atom. The largest absolute Gasteiger partial charge is 0.477 e.